The number of hydrogen-bond acceptors (Lipinski definition) is 5. The molecule has 1 saturated carbocycles. The highest BCUT2D eigenvalue weighted by Crippen LogP contribution is 2.65. The molecule has 1 spiro atoms. The van der Waals surface area contributed by atoms with Crippen LogP contribution >= 0.6 is 23.4 Å². The fourth-order valence-electron chi connectivity index (χ4n) is 3.64. The summed E-state index contributed by atoms with van der Waals surface area (Å²) in [5.74, 6) is -0.558. The standard InChI is InChI=1S/C22H16ClFN2O2S/c23-14-6-7-15(24)16(19(14)28-12-13-4-2-1-3-5-13)20-18(27)17-21(26-11-10-25-17)22(29-20)8-9-22/h1-7,10-11,20H,8-9,12H2. The maximum Gasteiger partial charge on any atom is 0.200 e. The van der Waals surface area contributed by atoms with Crippen LogP contribution < -0.4 is 4.74 Å². The van der Waals surface area contributed by atoms with Gasteiger partial charge in [0.25, 0.3) is 0 Å². The van der Waals surface area contributed by atoms with Crippen molar-refractivity contribution in [2.75, 3.05) is 0 Å². The summed E-state index contributed by atoms with van der Waals surface area (Å²) in [4.78, 5) is 21.9. The maximum absolute atomic E-state index is 15.0. The van der Waals surface area contributed by atoms with Crippen molar-refractivity contribution in [3.05, 3.63) is 88.2 Å². The Kier molecular flexibility index (Phi) is 4.56. The molecular formula is C22H16ClFN2O2S. The second kappa shape index (κ2) is 7.11. The first-order valence-electron chi connectivity index (χ1n) is 9.27. The Morgan fingerprint density at radius 1 is 1.14 bits per heavy atom. The second-order valence-corrected chi connectivity index (χ2v) is 9.05. The van der Waals surface area contributed by atoms with Gasteiger partial charge in [-0.15, -0.1) is 11.8 Å². The van der Waals surface area contributed by atoms with Crippen LogP contribution in [0, 0.1) is 5.82 Å². The fraction of sp³-hybridized carbons (Fsp3) is 0.227. The third-order valence-electron chi connectivity index (χ3n) is 5.23. The minimum atomic E-state index is -0.772. The van der Waals surface area contributed by atoms with Crippen molar-refractivity contribution in [3.63, 3.8) is 0 Å². The summed E-state index contributed by atoms with van der Waals surface area (Å²) in [6.07, 6.45) is 4.87. The van der Waals surface area contributed by atoms with E-state index in [2.05, 4.69) is 9.97 Å². The van der Waals surface area contributed by atoms with Gasteiger partial charge in [0.1, 0.15) is 29.1 Å². The molecule has 4 nitrogen and oxygen atoms in total. The Hall–Kier alpha value is -2.44. The van der Waals surface area contributed by atoms with Crippen LogP contribution in [-0.4, -0.2) is 15.8 Å². The smallest absolute Gasteiger partial charge is 0.200 e. The molecule has 0 radical (unpaired) electrons. The predicted octanol–water partition coefficient (Wildman–Crippen LogP) is 5.51. The van der Waals surface area contributed by atoms with E-state index in [1.165, 1.54) is 30.1 Å². The Balaban J connectivity index is 1.56. The first-order chi connectivity index (χ1) is 14.1. The van der Waals surface area contributed by atoms with Crippen molar-refractivity contribution >= 4 is 29.1 Å². The molecule has 0 N–H and O–H groups in total. The Bertz CT molecular complexity index is 1110. The summed E-state index contributed by atoms with van der Waals surface area (Å²) in [5, 5.41) is -0.494. The summed E-state index contributed by atoms with van der Waals surface area (Å²) < 4.78 is 20.7. The number of nitrogens with zero attached hydrogens (tertiary/aromatic N) is 2. The molecular weight excluding hydrogens is 411 g/mol. The van der Waals surface area contributed by atoms with Gasteiger partial charge in [0.05, 0.1) is 21.0 Å². The third kappa shape index (κ3) is 3.20. The highest BCUT2D eigenvalue weighted by molar-refractivity contribution is 8.01. The number of halogens is 2. The van der Waals surface area contributed by atoms with Crippen LogP contribution in [0.15, 0.2) is 54.9 Å². The van der Waals surface area contributed by atoms with Gasteiger partial charge in [-0.1, -0.05) is 41.9 Å². The summed E-state index contributed by atoms with van der Waals surface area (Å²) in [6.45, 7) is 0.226. The number of benzene rings is 2. The lowest BCUT2D eigenvalue weighted by atomic mass is 10.0. The predicted molar refractivity (Wildman–Crippen MR) is 110 cm³/mol. The molecule has 1 aromatic heterocycles. The highest BCUT2D eigenvalue weighted by Gasteiger charge is 2.56. The summed E-state index contributed by atoms with van der Waals surface area (Å²) >= 11 is 7.81. The molecule has 1 aliphatic heterocycles. The lowest BCUT2D eigenvalue weighted by Gasteiger charge is -2.30. The molecule has 29 heavy (non-hydrogen) atoms. The molecule has 146 valence electrons. The average Bonchev–Trinajstić information content (AvgIpc) is 3.53. The van der Waals surface area contributed by atoms with Crippen LogP contribution in [0.1, 0.15) is 45.4 Å². The van der Waals surface area contributed by atoms with Gasteiger partial charge in [0.2, 0.25) is 5.78 Å². The summed E-state index contributed by atoms with van der Waals surface area (Å²) in [6, 6.07) is 12.3. The van der Waals surface area contributed by atoms with E-state index in [1.54, 1.807) is 6.20 Å². The van der Waals surface area contributed by atoms with Crippen molar-refractivity contribution in [1.29, 1.82) is 0 Å². The number of carbonyl (C=O) groups is 1. The van der Waals surface area contributed by atoms with Crippen LogP contribution in [0.25, 0.3) is 0 Å². The van der Waals surface area contributed by atoms with Gasteiger partial charge >= 0.3 is 0 Å². The number of ether oxygens (including phenoxy) is 1. The van der Waals surface area contributed by atoms with E-state index in [-0.39, 0.29) is 33.5 Å². The molecule has 5 rings (SSSR count). The molecule has 1 atom stereocenters. The van der Waals surface area contributed by atoms with Gasteiger partial charge in [-0.2, -0.15) is 0 Å². The van der Waals surface area contributed by atoms with Crippen LogP contribution in [0.2, 0.25) is 5.02 Å². The average molecular weight is 427 g/mol. The van der Waals surface area contributed by atoms with E-state index >= 15 is 4.39 Å². The summed E-state index contributed by atoms with van der Waals surface area (Å²) in [5.41, 5.74) is 2.14. The van der Waals surface area contributed by atoms with E-state index in [1.807, 2.05) is 30.3 Å². The van der Waals surface area contributed by atoms with Crippen LogP contribution in [0.3, 0.4) is 0 Å². The minimum absolute atomic E-state index is 0.186. The van der Waals surface area contributed by atoms with Gasteiger partial charge in [-0.05, 0) is 30.5 Å². The van der Waals surface area contributed by atoms with E-state index < -0.39 is 11.1 Å². The van der Waals surface area contributed by atoms with Crippen LogP contribution in [-0.2, 0) is 11.4 Å². The normalized spacial score (nSPS) is 19.1. The maximum atomic E-state index is 15.0. The van der Waals surface area contributed by atoms with E-state index in [0.717, 1.165) is 18.4 Å². The van der Waals surface area contributed by atoms with Crippen LogP contribution in [0.4, 0.5) is 4.39 Å². The van der Waals surface area contributed by atoms with E-state index in [0.29, 0.717) is 11.4 Å². The second-order valence-electron chi connectivity index (χ2n) is 7.16. The van der Waals surface area contributed by atoms with Gasteiger partial charge in [0.15, 0.2) is 0 Å². The number of aromatic nitrogens is 2. The molecule has 1 fully saturated rings. The zero-order valence-corrected chi connectivity index (χ0v) is 16.8. The monoisotopic (exact) mass is 426 g/mol. The van der Waals surface area contributed by atoms with E-state index in [4.69, 9.17) is 16.3 Å². The number of rotatable bonds is 4. The first-order valence-corrected chi connectivity index (χ1v) is 10.5. The summed E-state index contributed by atoms with van der Waals surface area (Å²) in [7, 11) is 0. The Morgan fingerprint density at radius 3 is 2.66 bits per heavy atom. The SMILES string of the molecule is O=C1c2nccnc2C2(CC2)SC1c1c(F)ccc(Cl)c1OCc1ccccc1. The third-order valence-corrected chi connectivity index (χ3v) is 7.27. The molecule has 2 aromatic carbocycles. The van der Waals surface area contributed by atoms with Gasteiger partial charge in [-0.25, -0.2) is 9.37 Å². The number of thioether (sulfide) groups is 1. The zero-order valence-electron chi connectivity index (χ0n) is 15.3. The Labute approximate surface area is 176 Å². The van der Waals surface area contributed by atoms with Crippen molar-refractivity contribution < 1.29 is 13.9 Å². The fourth-order valence-corrected chi connectivity index (χ4v) is 5.46. The number of fused-ring (bicyclic) bond motifs is 2. The zero-order chi connectivity index (χ0) is 20.0. The van der Waals surface area contributed by atoms with Gasteiger partial charge in [0, 0.05) is 12.4 Å². The number of ketones is 1. The van der Waals surface area contributed by atoms with Gasteiger partial charge < -0.3 is 4.74 Å². The molecule has 0 bridgehead atoms. The first kappa shape index (κ1) is 18.6. The van der Waals surface area contributed by atoms with Crippen molar-refractivity contribution in [2.45, 2.75) is 29.4 Å². The van der Waals surface area contributed by atoms with Crippen molar-refractivity contribution in [2.24, 2.45) is 0 Å². The molecule has 1 unspecified atom stereocenters. The number of Topliss-reactive ketones (excluding diaryl/α,β-unsaturated/α-hetero) is 1. The molecule has 0 saturated heterocycles. The van der Waals surface area contributed by atoms with Crippen molar-refractivity contribution in [1.82, 2.24) is 9.97 Å². The molecule has 2 aliphatic rings. The Morgan fingerprint density at radius 2 is 1.90 bits per heavy atom. The largest absolute Gasteiger partial charge is 0.487 e. The topological polar surface area (TPSA) is 52.1 Å². The molecule has 3 aromatic rings. The van der Waals surface area contributed by atoms with Crippen LogP contribution in [0.5, 0.6) is 5.75 Å². The quantitative estimate of drug-likeness (QED) is 0.550. The lowest BCUT2D eigenvalue weighted by Crippen LogP contribution is -2.27. The van der Waals surface area contributed by atoms with Gasteiger partial charge in [-0.3, -0.25) is 9.78 Å². The van der Waals surface area contributed by atoms with Crippen molar-refractivity contribution in [3.8, 4) is 5.75 Å². The molecule has 7 heteroatoms. The lowest BCUT2D eigenvalue weighted by molar-refractivity contribution is 0.0977. The molecule has 0 amide bonds. The van der Waals surface area contributed by atoms with E-state index in [9.17, 15) is 4.79 Å². The molecule has 2 heterocycles. The number of carbonyl (C=O) groups excluding carboxylic acids is 1. The number of hydrogen-bond donors (Lipinski definition) is 0. The highest BCUT2D eigenvalue weighted by atomic mass is 35.5. The molecule has 1 aliphatic carbocycles. The minimum Gasteiger partial charge on any atom is -0.487 e.